The zero-order valence-corrected chi connectivity index (χ0v) is 17.4. The Hall–Kier alpha value is -3.28. The van der Waals surface area contributed by atoms with Gasteiger partial charge in [0.25, 0.3) is 0 Å². The van der Waals surface area contributed by atoms with Crippen LogP contribution in [0.1, 0.15) is 46.3 Å². The Bertz CT molecular complexity index is 1060. The number of benzene rings is 3. The largest absolute Gasteiger partial charge is 0.488 e. The molecule has 1 fully saturated rings. The second-order valence-corrected chi connectivity index (χ2v) is 7.93. The molecule has 1 aliphatic carbocycles. The third kappa shape index (κ3) is 5.49. The Labute approximate surface area is 184 Å². The Morgan fingerprint density at radius 2 is 1.38 bits per heavy atom. The van der Waals surface area contributed by atoms with Crippen LogP contribution in [0.5, 0.6) is 11.5 Å². The van der Waals surface area contributed by atoms with Crippen LogP contribution in [0.4, 0.5) is 13.2 Å². The number of rotatable bonds is 9. The molecule has 0 radical (unpaired) electrons. The summed E-state index contributed by atoms with van der Waals surface area (Å²) in [6.07, 6.45) is -2.68. The molecule has 0 atom stereocenters. The van der Waals surface area contributed by atoms with Crippen molar-refractivity contribution >= 4 is 5.78 Å². The van der Waals surface area contributed by atoms with Gasteiger partial charge in [0, 0.05) is 6.42 Å². The van der Waals surface area contributed by atoms with Crippen LogP contribution in [0, 0.1) is 5.92 Å². The molecule has 0 aliphatic heterocycles. The van der Waals surface area contributed by atoms with Gasteiger partial charge in [0.2, 0.25) is 0 Å². The molecule has 166 valence electrons. The van der Waals surface area contributed by atoms with Gasteiger partial charge >= 0.3 is 6.18 Å². The van der Waals surface area contributed by atoms with E-state index in [1.807, 2.05) is 12.1 Å². The summed E-state index contributed by atoms with van der Waals surface area (Å²) < 4.78 is 53.9. The lowest BCUT2D eigenvalue weighted by molar-refractivity contribution is -0.140. The number of hydrogen-bond donors (Lipinski definition) is 0. The lowest BCUT2D eigenvalue weighted by atomic mass is 10.00. The van der Waals surface area contributed by atoms with E-state index in [4.69, 9.17) is 9.47 Å². The van der Waals surface area contributed by atoms with Gasteiger partial charge in [-0.1, -0.05) is 60.7 Å². The minimum atomic E-state index is -4.76. The first-order valence-electron chi connectivity index (χ1n) is 10.5. The molecule has 1 saturated carbocycles. The number of Topliss-reactive ketones (excluding diaryl/α,β-unsaturated/α-hetero) is 1. The maximum Gasteiger partial charge on any atom is 0.423 e. The lowest BCUT2D eigenvalue weighted by Gasteiger charge is -2.21. The molecule has 0 unspecified atom stereocenters. The van der Waals surface area contributed by atoms with Crippen molar-refractivity contribution in [2.45, 2.75) is 38.7 Å². The first kappa shape index (κ1) is 21.9. The average molecular weight is 440 g/mol. The van der Waals surface area contributed by atoms with Crippen molar-refractivity contribution in [2.75, 3.05) is 0 Å². The summed E-state index contributed by atoms with van der Waals surface area (Å²) in [4.78, 5) is 12.8. The second kappa shape index (κ2) is 9.47. The van der Waals surface area contributed by atoms with E-state index in [0.29, 0.717) is 5.56 Å². The van der Waals surface area contributed by atoms with Crippen molar-refractivity contribution in [3.63, 3.8) is 0 Å². The lowest BCUT2D eigenvalue weighted by Crippen LogP contribution is -2.15. The van der Waals surface area contributed by atoms with Gasteiger partial charge in [0.1, 0.15) is 30.3 Å². The van der Waals surface area contributed by atoms with Crippen molar-refractivity contribution in [1.82, 2.24) is 0 Å². The number of halogens is 3. The highest BCUT2D eigenvalue weighted by atomic mass is 19.4. The van der Waals surface area contributed by atoms with Crippen molar-refractivity contribution in [3.8, 4) is 11.5 Å². The fraction of sp³-hybridized carbons (Fsp3) is 0.269. The second-order valence-electron chi connectivity index (χ2n) is 7.93. The number of alkyl halides is 3. The predicted molar refractivity (Wildman–Crippen MR) is 115 cm³/mol. The summed E-state index contributed by atoms with van der Waals surface area (Å²) in [5.41, 5.74) is 0.344. The van der Waals surface area contributed by atoms with Gasteiger partial charge in [-0.05, 0) is 42.0 Å². The zero-order valence-electron chi connectivity index (χ0n) is 17.4. The van der Waals surface area contributed by atoms with E-state index in [2.05, 4.69) is 0 Å². The smallest absolute Gasteiger partial charge is 0.423 e. The molecule has 3 nitrogen and oxygen atoms in total. The van der Waals surface area contributed by atoms with Gasteiger partial charge in [-0.2, -0.15) is 13.2 Å². The average Bonchev–Trinajstić information content (AvgIpc) is 3.60. The van der Waals surface area contributed by atoms with Crippen LogP contribution in [-0.4, -0.2) is 5.78 Å². The maximum atomic E-state index is 14.2. The molecule has 0 bridgehead atoms. The normalized spacial score (nSPS) is 13.6. The quantitative estimate of drug-likeness (QED) is 0.342. The summed E-state index contributed by atoms with van der Waals surface area (Å²) in [5, 5.41) is 0. The van der Waals surface area contributed by atoms with E-state index in [0.717, 1.165) is 18.4 Å². The summed E-state index contributed by atoms with van der Waals surface area (Å²) in [6.45, 7) is -0.118. The predicted octanol–water partition coefficient (Wildman–Crippen LogP) is 6.85. The minimum Gasteiger partial charge on any atom is -0.488 e. The molecule has 0 spiro atoms. The molecule has 0 heterocycles. The summed E-state index contributed by atoms with van der Waals surface area (Å²) >= 11 is 0. The van der Waals surface area contributed by atoms with Crippen LogP contribution in [0.3, 0.4) is 0 Å². The van der Waals surface area contributed by atoms with E-state index in [1.165, 1.54) is 12.1 Å². The van der Waals surface area contributed by atoms with Gasteiger partial charge in [0.05, 0.1) is 5.56 Å². The molecule has 0 N–H and O–H groups in total. The molecule has 0 aromatic heterocycles. The van der Waals surface area contributed by atoms with Gasteiger partial charge in [-0.3, -0.25) is 4.79 Å². The van der Waals surface area contributed by atoms with Gasteiger partial charge in [-0.15, -0.1) is 0 Å². The van der Waals surface area contributed by atoms with Crippen molar-refractivity contribution in [3.05, 3.63) is 95.1 Å². The zero-order chi connectivity index (χ0) is 22.6. The van der Waals surface area contributed by atoms with Crippen LogP contribution >= 0.6 is 0 Å². The van der Waals surface area contributed by atoms with E-state index < -0.39 is 17.5 Å². The van der Waals surface area contributed by atoms with Gasteiger partial charge in [0.15, 0.2) is 5.78 Å². The van der Waals surface area contributed by atoms with E-state index in [9.17, 15) is 18.0 Å². The summed E-state index contributed by atoms with van der Waals surface area (Å²) in [5.74, 6) is -0.909. The molecule has 1 aliphatic rings. The highest BCUT2D eigenvalue weighted by molar-refractivity contribution is 5.99. The Balaban J connectivity index is 1.70. The first-order valence-corrected chi connectivity index (χ1v) is 10.5. The first-order chi connectivity index (χ1) is 15.4. The van der Waals surface area contributed by atoms with Crippen molar-refractivity contribution < 1.29 is 27.4 Å². The molecular weight excluding hydrogens is 417 g/mol. The van der Waals surface area contributed by atoms with Crippen LogP contribution < -0.4 is 9.47 Å². The fourth-order valence-electron chi connectivity index (χ4n) is 3.48. The highest BCUT2D eigenvalue weighted by Crippen LogP contribution is 2.46. The van der Waals surface area contributed by atoms with Crippen molar-refractivity contribution in [1.29, 1.82) is 0 Å². The molecule has 3 aromatic carbocycles. The third-order valence-electron chi connectivity index (χ3n) is 5.34. The van der Waals surface area contributed by atoms with Crippen LogP contribution in [-0.2, 0) is 19.4 Å². The summed E-state index contributed by atoms with van der Waals surface area (Å²) in [6, 6.07) is 20.4. The minimum absolute atomic E-state index is 0.0303. The molecule has 4 rings (SSSR count). The van der Waals surface area contributed by atoms with E-state index in [1.54, 1.807) is 48.5 Å². The number of ether oxygens (including phenoxy) is 2. The van der Waals surface area contributed by atoms with Gasteiger partial charge in [-0.25, -0.2) is 0 Å². The van der Waals surface area contributed by atoms with Crippen LogP contribution in [0.2, 0.25) is 0 Å². The van der Waals surface area contributed by atoms with Crippen LogP contribution in [0.15, 0.2) is 72.8 Å². The number of hydrogen-bond acceptors (Lipinski definition) is 3. The molecule has 0 saturated heterocycles. The Morgan fingerprint density at radius 1 is 0.812 bits per heavy atom. The summed E-state index contributed by atoms with van der Waals surface area (Å²) in [7, 11) is 0. The SMILES string of the molecule is O=C(CC1CC1)c1ccc(OCc2ccccc2)c(C(F)(F)F)c1OCc1ccccc1. The standard InChI is InChI=1S/C26H23F3O3/c27-26(28,29)24-23(31-16-19-7-3-1-4-8-19)14-13-21(22(30)15-18-11-12-18)25(24)32-17-20-9-5-2-6-10-20/h1-10,13-14,18H,11-12,15-17H2. The molecule has 32 heavy (non-hydrogen) atoms. The molecular formula is C26H23F3O3. The topological polar surface area (TPSA) is 35.5 Å². The molecule has 6 heteroatoms. The third-order valence-corrected chi connectivity index (χ3v) is 5.34. The highest BCUT2D eigenvalue weighted by Gasteiger charge is 2.41. The van der Waals surface area contributed by atoms with Gasteiger partial charge < -0.3 is 9.47 Å². The maximum absolute atomic E-state index is 14.2. The molecule has 3 aromatic rings. The van der Waals surface area contributed by atoms with E-state index in [-0.39, 0.29) is 42.6 Å². The number of ketones is 1. The monoisotopic (exact) mass is 440 g/mol. The number of carbonyl (C=O) groups excluding carboxylic acids is 1. The molecule has 0 amide bonds. The van der Waals surface area contributed by atoms with Crippen LogP contribution in [0.25, 0.3) is 0 Å². The fourth-order valence-corrected chi connectivity index (χ4v) is 3.48. The van der Waals surface area contributed by atoms with Crippen molar-refractivity contribution in [2.24, 2.45) is 5.92 Å². The number of carbonyl (C=O) groups is 1. The Kier molecular flexibility index (Phi) is 6.49. The van der Waals surface area contributed by atoms with E-state index >= 15 is 0 Å². The Morgan fingerprint density at radius 3 is 1.91 bits per heavy atom.